The van der Waals surface area contributed by atoms with Gasteiger partial charge in [-0.2, -0.15) is 0 Å². The van der Waals surface area contributed by atoms with Gasteiger partial charge in [-0.05, 0) is 19.8 Å². The molecule has 96 valence electrons. The Bertz CT molecular complexity index is 372. The number of carbonyl (C=O) groups is 1. The molecule has 0 aromatic carbocycles. The molecule has 0 aliphatic rings. The van der Waals surface area contributed by atoms with Gasteiger partial charge in [-0.15, -0.1) is 11.3 Å². The molecule has 4 nitrogen and oxygen atoms in total. The average molecular weight is 256 g/mol. The Morgan fingerprint density at radius 1 is 1.47 bits per heavy atom. The predicted molar refractivity (Wildman–Crippen MR) is 68.9 cm³/mol. The number of hydrogen-bond acceptors (Lipinski definition) is 5. The van der Waals surface area contributed by atoms with E-state index >= 15 is 0 Å². The summed E-state index contributed by atoms with van der Waals surface area (Å²) >= 11 is 1.52. The van der Waals surface area contributed by atoms with E-state index in [-0.39, 0.29) is 17.9 Å². The summed E-state index contributed by atoms with van der Waals surface area (Å²) in [5, 5.41) is 2.79. The van der Waals surface area contributed by atoms with Crippen molar-refractivity contribution in [3.8, 4) is 0 Å². The van der Waals surface area contributed by atoms with Crippen molar-refractivity contribution >= 4 is 17.3 Å². The summed E-state index contributed by atoms with van der Waals surface area (Å²) in [6.45, 7) is 6.30. The van der Waals surface area contributed by atoms with Crippen molar-refractivity contribution in [1.82, 2.24) is 4.98 Å². The van der Waals surface area contributed by atoms with Crippen LogP contribution in [-0.4, -0.2) is 17.6 Å². The highest BCUT2D eigenvalue weighted by molar-refractivity contribution is 7.09. The van der Waals surface area contributed by atoms with Crippen LogP contribution in [0.15, 0.2) is 5.38 Å². The van der Waals surface area contributed by atoms with Crippen LogP contribution in [0.2, 0.25) is 0 Å². The number of carbonyl (C=O) groups excluding carboxylic acids is 1. The van der Waals surface area contributed by atoms with Gasteiger partial charge in [0, 0.05) is 5.38 Å². The summed E-state index contributed by atoms with van der Waals surface area (Å²) in [5.74, 6) is -0.236. The second-order valence-corrected chi connectivity index (χ2v) is 4.85. The summed E-state index contributed by atoms with van der Waals surface area (Å²) in [4.78, 5) is 15.8. The zero-order valence-electron chi connectivity index (χ0n) is 10.7. The fraction of sp³-hybridized carbons (Fsp3) is 0.667. The second-order valence-electron chi connectivity index (χ2n) is 3.99. The van der Waals surface area contributed by atoms with E-state index in [1.807, 2.05) is 5.38 Å². The van der Waals surface area contributed by atoms with Gasteiger partial charge in [0.05, 0.1) is 24.3 Å². The molecule has 0 aliphatic carbocycles. The zero-order valence-corrected chi connectivity index (χ0v) is 11.5. The van der Waals surface area contributed by atoms with E-state index < -0.39 is 0 Å². The number of nitrogens with zero attached hydrogens (tertiary/aromatic N) is 1. The molecular weight excluding hydrogens is 236 g/mol. The molecule has 2 N–H and O–H groups in total. The molecular formula is C12H20N2O2S. The molecule has 0 spiro atoms. The molecule has 1 aromatic heterocycles. The molecule has 0 aliphatic heterocycles. The molecule has 0 saturated heterocycles. The molecule has 0 atom stereocenters. The number of hydrogen-bond donors (Lipinski definition) is 1. The second kappa shape index (κ2) is 6.12. The lowest BCUT2D eigenvalue weighted by Crippen LogP contribution is -2.35. The average Bonchev–Trinajstić information content (AvgIpc) is 2.77. The van der Waals surface area contributed by atoms with Crippen LogP contribution >= 0.6 is 11.3 Å². The summed E-state index contributed by atoms with van der Waals surface area (Å²) in [7, 11) is 0. The number of esters is 1. The Morgan fingerprint density at radius 2 is 2.12 bits per heavy atom. The first-order valence-electron chi connectivity index (χ1n) is 5.95. The van der Waals surface area contributed by atoms with E-state index in [0.29, 0.717) is 6.61 Å². The van der Waals surface area contributed by atoms with Crippen LogP contribution in [-0.2, 0) is 21.5 Å². The third kappa shape index (κ3) is 3.51. The van der Waals surface area contributed by atoms with E-state index in [1.165, 1.54) is 11.3 Å². The van der Waals surface area contributed by atoms with Gasteiger partial charge in [-0.3, -0.25) is 4.79 Å². The van der Waals surface area contributed by atoms with Crippen LogP contribution in [0, 0.1) is 0 Å². The van der Waals surface area contributed by atoms with E-state index in [4.69, 9.17) is 10.5 Å². The van der Waals surface area contributed by atoms with Crippen molar-refractivity contribution in [2.75, 3.05) is 6.61 Å². The fourth-order valence-corrected chi connectivity index (χ4v) is 2.61. The monoisotopic (exact) mass is 256 g/mol. The largest absolute Gasteiger partial charge is 0.466 e. The first-order valence-corrected chi connectivity index (χ1v) is 6.83. The van der Waals surface area contributed by atoms with Crippen molar-refractivity contribution in [1.29, 1.82) is 0 Å². The number of rotatable bonds is 6. The Kier molecular flexibility index (Phi) is 5.08. The molecule has 0 unspecified atom stereocenters. The molecule has 1 heterocycles. The van der Waals surface area contributed by atoms with Gasteiger partial charge in [0.15, 0.2) is 0 Å². The highest BCUT2D eigenvalue weighted by atomic mass is 32.1. The van der Waals surface area contributed by atoms with Gasteiger partial charge in [-0.25, -0.2) is 4.98 Å². The van der Waals surface area contributed by atoms with Gasteiger partial charge < -0.3 is 10.5 Å². The van der Waals surface area contributed by atoms with E-state index in [1.54, 1.807) is 6.92 Å². The SMILES string of the molecule is CCOC(=O)Cc1csc(C(N)(CC)CC)n1. The van der Waals surface area contributed by atoms with Crippen LogP contribution in [0.3, 0.4) is 0 Å². The lowest BCUT2D eigenvalue weighted by atomic mass is 9.95. The first-order chi connectivity index (χ1) is 8.05. The van der Waals surface area contributed by atoms with Crippen molar-refractivity contribution in [3.63, 3.8) is 0 Å². The maximum absolute atomic E-state index is 11.3. The summed E-state index contributed by atoms with van der Waals surface area (Å²) in [6.07, 6.45) is 1.92. The van der Waals surface area contributed by atoms with Gasteiger partial charge in [-0.1, -0.05) is 13.8 Å². The Balaban J connectivity index is 2.74. The third-order valence-corrected chi connectivity index (χ3v) is 3.98. The topological polar surface area (TPSA) is 65.2 Å². The van der Waals surface area contributed by atoms with E-state index in [0.717, 1.165) is 23.5 Å². The summed E-state index contributed by atoms with van der Waals surface area (Å²) in [5.41, 5.74) is 6.64. The number of ether oxygens (including phenoxy) is 1. The van der Waals surface area contributed by atoms with Crippen LogP contribution < -0.4 is 5.73 Å². The molecule has 0 saturated carbocycles. The first kappa shape index (κ1) is 14.1. The molecule has 17 heavy (non-hydrogen) atoms. The quantitative estimate of drug-likeness (QED) is 0.793. The Labute approximate surface area is 106 Å². The smallest absolute Gasteiger partial charge is 0.311 e. The van der Waals surface area contributed by atoms with Crippen molar-refractivity contribution in [3.05, 3.63) is 16.1 Å². The fourth-order valence-electron chi connectivity index (χ4n) is 1.53. The molecule has 0 fully saturated rings. The van der Waals surface area contributed by atoms with Crippen molar-refractivity contribution in [2.24, 2.45) is 5.73 Å². The van der Waals surface area contributed by atoms with Crippen molar-refractivity contribution in [2.45, 2.75) is 45.6 Å². The molecule has 1 rings (SSSR count). The highest BCUT2D eigenvalue weighted by Crippen LogP contribution is 2.28. The summed E-state index contributed by atoms with van der Waals surface area (Å²) < 4.78 is 4.89. The maximum Gasteiger partial charge on any atom is 0.311 e. The van der Waals surface area contributed by atoms with Gasteiger partial charge >= 0.3 is 5.97 Å². The highest BCUT2D eigenvalue weighted by Gasteiger charge is 2.26. The standard InChI is InChI=1S/C12H20N2O2S/c1-4-12(13,5-2)11-14-9(8-17-11)7-10(15)16-6-3/h8H,4-7,13H2,1-3H3. The molecule has 5 heteroatoms. The maximum atomic E-state index is 11.3. The van der Waals surface area contributed by atoms with Crippen LogP contribution in [0.5, 0.6) is 0 Å². The van der Waals surface area contributed by atoms with Gasteiger partial charge in [0.2, 0.25) is 0 Å². The molecule has 0 amide bonds. The normalized spacial score (nSPS) is 11.5. The molecule has 0 radical (unpaired) electrons. The molecule has 0 bridgehead atoms. The van der Waals surface area contributed by atoms with E-state index in [2.05, 4.69) is 18.8 Å². The Morgan fingerprint density at radius 3 is 2.65 bits per heavy atom. The van der Waals surface area contributed by atoms with Crippen LogP contribution in [0.1, 0.15) is 44.3 Å². The number of nitrogens with two attached hydrogens (primary N) is 1. The van der Waals surface area contributed by atoms with Gasteiger partial charge in [0.1, 0.15) is 5.01 Å². The van der Waals surface area contributed by atoms with E-state index in [9.17, 15) is 4.79 Å². The van der Waals surface area contributed by atoms with Crippen LogP contribution in [0.25, 0.3) is 0 Å². The minimum atomic E-state index is -0.364. The summed E-state index contributed by atoms with van der Waals surface area (Å²) in [6, 6.07) is 0. The lowest BCUT2D eigenvalue weighted by Gasteiger charge is -2.23. The lowest BCUT2D eigenvalue weighted by molar-refractivity contribution is -0.142. The Hall–Kier alpha value is -0.940. The van der Waals surface area contributed by atoms with Crippen molar-refractivity contribution < 1.29 is 9.53 Å². The van der Waals surface area contributed by atoms with Crippen LogP contribution in [0.4, 0.5) is 0 Å². The number of aromatic nitrogens is 1. The molecule has 1 aromatic rings. The number of thiazole rings is 1. The minimum absolute atomic E-state index is 0.230. The zero-order chi connectivity index (χ0) is 12.9. The minimum Gasteiger partial charge on any atom is -0.466 e. The predicted octanol–water partition coefficient (Wildman–Crippen LogP) is 2.22. The third-order valence-electron chi connectivity index (χ3n) is 2.87. The van der Waals surface area contributed by atoms with Gasteiger partial charge in [0.25, 0.3) is 0 Å².